The number of aliphatic hydroxyl groups is 1. The van der Waals surface area contributed by atoms with E-state index in [1.54, 1.807) is 117 Å². The Kier molecular flexibility index (Phi) is 45.8. The SMILES string of the molecule is CC[C@H](C)[C@H](NC(=O)[C@H](CO)NC(=O)CNC(=O)[C@H](CCCCN)NC(=O)[C@H](Cc1cccc2ccccc12)NC(=O)[C@H](CCCCN)NC(=O)[C@H](C)NC(=O)[C@H](CCC(N)=O)NC(=O)[C@H](Cc1cccc2ccccc12)NC(=O)[C@H](CC(N)=O)NC(=O)[C@H](Cc1ccccc1)NC(=O)[C@H](CC(C)C)NC(=O)[C@@H](N)CCCCN)C(=O)N[C@@H](CCCCN)C(N)=O. The van der Waals surface area contributed by atoms with Gasteiger partial charge >= 0.3 is 0 Å². The van der Waals surface area contributed by atoms with Crippen LogP contribution in [0.2, 0.25) is 0 Å². The minimum Gasteiger partial charge on any atom is -0.394 e. The highest BCUT2D eigenvalue weighted by Crippen LogP contribution is 2.24. The Balaban J connectivity index is 1.41. The van der Waals surface area contributed by atoms with E-state index < -0.39 is 211 Å². The molecule has 38 nitrogen and oxygen atoms in total. The summed E-state index contributed by atoms with van der Waals surface area (Å²) in [5.41, 5.74) is 47.8. The van der Waals surface area contributed by atoms with Crippen molar-refractivity contribution in [2.75, 3.05) is 39.3 Å². The van der Waals surface area contributed by atoms with Gasteiger partial charge in [0.1, 0.15) is 72.5 Å². The van der Waals surface area contributed by atoms with E-state index >= 15 is 9.59 Å². The van der Waals surface area contributed by atoms with Gasteiger partial charge in [0.05, 0.1) is 25.6 Å². The molecule has 0 heterocycles. The van der Waals surface area contributed by atoms with Crippen molar-refractivity contribution in [3.8, 4) is 0 Å². The van der Waals surface area contributed by atoms with Crippen LogP contribution in [-0.4, -0.2) is 217 Å². The van der Waals surface area contributed by atoms with Crippen LogP contribution in [0.15, 0.2) is 115 Å². The third-order valence-electron chi connectivity index (χ3n) is 21.4. The first kappa shape index (κ1) is 104. The number of benzene rings is 5. The van der Waals surface area contributed by atoms with E-state index in [1.807, 2.05) is 26.0 Å². The summed E-state index contributed by atoms with van der Waals surface area (Å²) in [4.78, 5) is 225. The second-order valence-electron chi connectivity index (χ2n) is 32.0. The standard InChI is InChI=1S/C88H131N21O17/c1-6-52(4)75(88(126)100-62(76(96)114)35-15-19-41-90)109-87(125)71(50-110)99-74(113)49-97-79(117)63(36-16-20-42-91)102-84(122)68(46-57-30-22-28-55-26-10-12-32-59(55)57)106-81(119)64(37-17-21-43-92)101-77(115)53(5)98-80(118)65(38-39-72(94)111)103-85(123)69(47-58-31-23-29-56-27-11-13-33-60(56)58)107-86(124)70(48-73(95)112)108-83(121)67(45-54-24-8-7-9-25-54)105-82(120)66(44-51(2)3)104-78(116)61(93)34-14-18-40-89/h7-13,22-33,51-53,61-71,75,110H,6,14-21,34-50,89-93H2,1-5H3,(H2,94,111)(H2,95,112)(H2,96,114)(H,97,117)(H,98,118)(H,99,113)(H,100,126)(H,101,115)(H,102,122)(H,103,123)(H,104,116)(H,105,120)(H,106,119)(H,107,124)(H,108,121)(H,109,125)/t52-,53-,61-,62-,63-,64-,65-,66-,67-,68-,69-,70-,71-,75-/m0/s1. The highest BCUT2D eigenvalue weighted by atomic mass is 16.3. The molecule has 0 saturated carbocycles. The van der Waals surface area contributed by atoms with Gasteiger partial charge in [-0.15, -0.1) is 0 Å². The second-order valence-corrected chi connectivity index (χ2v) is 32.0. The molecule has 0 radical (unpaired) electrons. The topological polar surface area (TPSA) is 658 Å². The number of amides is 16. The molecule has 0 fully saturated rings. The number of primary amides is 3. The molecule has 5 rings (SSSR count). The normalized spacial score (nSPS) is 14.6. The van der Waals surface area contributed by atoms with E-state index in [-0.39, 0.29) is 83.2 Å². The number of hydrogen-bond donors (Lipinski definition) is 22. The van der Waals surface area contributed by atoms with E-state index in [2.05, 4.69) is 69.1 Å². The maximum Gasteiger partial charge on any atom is 0.245 e. The number of rotatable bonds is 59. The van der Waals surface area contributed by atoms with Gasteiger partial charge in [0.2, 0.25) is 94.5 Å². The number of fused-ring (bicyclic) bond motifs is 2. The van der Waals surface area contributed by atoms with Gasteiger partial charge in [-0.05, 0) is 167 Å². The zero-order chi connectivity index (χ0) is 93.0. The summed E-state index contributed by atoms with van der Waals surface area (Å²) < 4.78 is 0. The van der Waals surface area contributed by atoms with Gasteiger partial charge in [-0.2, -0.15) is 0 Å². The van der Waals surface area contributed by atoms with Gasteiger partial charge in [0.15, 0.2) is 0 Å². The largest absolute Gasteiger partial charge is 0.394 e. The molecule has 38 heteroatoms. The Bertz CT molecular complexity index is 4450. The summed E-state index contributed by atoms with van der Waals surface area (Å²) in [7, 11) is 0. The molecule has 126 heavy (non-hydrogen) atoms. The average molecular weight is 1760 g/mol. The highest BCUT2D eigenvalue weighted by Gasteiger charge is 2.38. The Morgan fingerprint density at radius 1 is 0.357 bits per heavy atom. The molecular weight excluding hydrogens is 1620 g/mol. The first-order valence-electron chi connectivity index (χ1n) is 43.1. The first-order valence-corrected chi connectivity index (χ1v) is 43.1. The summed E-state index contributed by atoms with van der Waals surface area (Å²) in [6, 6.07) is 14.5. The van der Waals surface area contributed by atoms with E-state index in [1.165, 1.54) is 6.92 Å². The fourth-order valence-electron chi connectivity index (χ4n) is 14.0. The lowest BCUT2D eigenvalue weighted by atomic mass is 9.97. The summed E-state index contributed by atoms with van der Waals surface area (Å²) in [5.74, 6) is -15.4. The lowest BCUT2D eigenvalue weighted by molar-refractivity contribution is -0.136. The van der Waals surface area contributed by atoms with Gasteiger partial charge < -0.3 is 120 Å². The highest BCUT2D eigenvalue weighted by molar-refractivity contribution is 6.02. The van der Waals surface area contributed by atoms with Gasteiger partial charge in [-0.25, -0.2) is 0 Å². The van der Waals surface area contributed by atoms with Crippen LogP contribution in [-0.2, 0) is 96.0 Å². The van der Waals surface area contributed by atoms with E-state index in [4.69, 9.17) is 45.9 Å². The predicted molar refractivity (Wildman–Crippen MR) is 474 cm³/mol. The number of nitrogens with two attached hydrogens (primary N) is 8. The molecule has 0 spiro atoms. The number of carbonyl (C=O) groups excluding carboxylic acids is 16. The number of unbranched alkanes of at least 4 members (excludes halogenated alkanes) is 4. The predicted octanol–water partition coefficient (Wildman–Crippen LogP) is -2.47. The second kappa shape index (κ2) is 55.3. The molecule has 5 aromatic rings. The molecule has 0 unspecified atom stereocenters. The van der Waals surface area contributed by atoms with Crippen LogP contribution in [0.1, 0.15) is 160 Å². The number of carbonyl (C=O) groups is 16. The van der Waals surface area contributed by atoms with Crippen LogP contribution in [0.5, 0.6) is 0 Å². The Morgan fingerprint density at radius 2 is 0.754 bits per heavy atom. The molecule has 0 aliphatic carbocycles. The van der Waals surface area contributed by atoms with Crippen molar-refractivity contribution in [3.05, 3.63) is 132 Å². The van der Waals surface area contributed by atoms with Crippen LogP contribution >= 0.6 is 0 Å². The van der Waals surface area contributed by atoms with Crippen molar-refractivity contribution in [1.29, 1.82) is 0 Å². The quantitative estimate of drug-likeness (QED) is 0.0179. The van der Waals surface area contributed by atoms with Crippen LogP contribution in [0, 0.1) is 11.8 Å². The summed E-state index contributed by atoms with van der Waals surface area (Å²) >= 11 is 0. The van der Waals surface area contributed by atoms with Crippen molar-refractivity contribution >= 4 is 116 Å². The summed E-state index contributed by atoms with van der Waals surface area (Å²) in [5, 5.41) is 47.0. The minimum atomic E-state index is -1.84. The number of aliphatic hydroxyl groups excluding tert-OH is 1. The van der Waals surface area contributed by atoms with Crippen LogP contribution in [0.3, 0.4) is 0 Å². The molecule has 0 aromatic heterocycles. The van der Waals surface area contributed by atoms with Crippen LogP contribution in [0.4, 0.5) is 0 Å². The summed E-state index contributed by atoms with van der Waals surface area (Å²) in [6.07, 6.45) is 1.69. The third kappa shape index (κ3) is 35.9. The molecule has 0 bridgehead atoms. The van der Waals surface area contributed by atoms with Crippen molar-refractivity contribution in [3.63, 3.8) is 0 Å². The molecule has 0 aliphatic rings. The molecule has 30 N–H and O–H groups in total. The zero-order valence-corrected chi connectivity index (χ0v) is 72.6. The molecule has 5 aromatic carbocycles. The lowest BCUT2D eigenvalue weighted by Crippen LogP contribution is -2.61. The maximum absolute atomic E-state index is 15.1. The number of nitrogens with one attached hydrogen (secondary N) is 13. The van der Waals surface area contributed by atoms with Gasteiger partial charge in [-0.3, -0.25) is 76.7 Å². The molecule has 0 aliphatic heterocycles. The first-order chi connectivity index (χ1) is 60.1. The van der Waals surface area contributed by atoms with Crippen LogP contribution < -0.4 is 115 Å². The lowest BCUT2D eigenvalue weighted by Gasteiger charge is -2.28. The third-order valence-corrected chi connectivity index (χ3v) is 21.4. The zero-order valence-electron chi connectivity index (χ0n) is 72.6. The maximum atomic E-state index is 15.1. The molecule has 0 saturated heterocycles. The molecule has 690 valence electrons. The van der Waals surface area contributed by atoms with Crippen LogP contribution in [0.25, 0.3) is 21.5 Å². The molecular formula is C88H131N21O17. The monoisotopic (exact) mass is 1750 g/mol. The summed E-state index contributed by atoms with van der Waals surface area (Å²) in [6.45, 7) is 7.64. The fourth-order valence-corrected chi connectivity index (χ4v) is 14.0. The Morgan fingerprint density at radius 3 is 1.24 bits per heavy atom. The smallest absolute Gasteiger partial charge is 0.245 e. The Hall–Kier alpha value is -12.1. The van der Waals surface area contributed by atoms with Gasteiger partial charge in [0.25, 0.3) is 0 Å². The van der Waals surface area contributed by atoms with E-state index in [0.29, 0.717) is 85.5 Å². The van der Waals surface area contributed by atoms with E-state index in [0.717, 1.165) is 10.8 Å². The van der Waals surface area contributed by atoms with Crippen molar-refractivity contribution in [1.82, 2.24) is 69.1 Å². The Labute approximate surface area is 734 Å². The number of hydrogen-bond acceptors (Lipinski definition) is 22. The van der Waals surface area contributed by atoms with Crippen molar-refractivity contribution in [2.45, 2.75) is 242 Å². The minimum absolute atomic E-state index is 0.0489. The fraction of sp³-hybridized carbons (Fsp3) is 0.523. The van der Waals surface area contributed by atoms with E-state index in [9.17, 15) is 72.2 Å². The average Bonchev–Trinajstić information content (AvgIpc) is 0.812. The van der Waals surface area contributed by atoms with Gasteiger partial charge in [-0.1, -0.05) is 156 Å². The van der Waals surface area contributed by atoms with Crippen molar-refractivity contribution < 1.29 is 81.8 Å². The molecule has 16 amide bonds. The van der Waals surface area contributed by atoms with Crippen molar-refractivity contribution in [2.24, 2.45) is 57.7 Å². The molecule has 14 atom stereocenters. The van der Waals surface area contributed by atoms with Gasteiger partial charge in [0, 0.05) is 25.7 Å².